The number of ether oxygens (including phenoxy) is 1. The number of rotatable bonds is 7. The lowest BCUT2D eigenvalue weighted by atomic mass is 10.0. The molecule has 2 heterocycles. The summed E-state index contributed by atoms with van der Waals surface area (Å²) in [5.74, 6) is -0.524. The Kier molecular flexibility index (Phi) is 6.44. The first kappa shape index (κ1) is 24.4. The van der Waals surface area contributed by atoms with Gasteiger partial charge >= 0.3 is 5.69 Å². The number of primary amides is 1. The van der Waals surface area contributed by atoms with Gasteiger partial charge in [-0.1, -0.05) is 18.2 Å². The Bertz CT molecular complexity index is 1600. The van der Waals surface area contributed by atoms with E-state index in [1.807, 2.05) is 30.3 Å². The van der Waals surface area contributed by atoms with Gasteiger partial charge < -0.3 is 21.1 Å². The summed E-state index contributed by atoms with van der Waals surface area (Å²) in [5, 5.41) is 17.5. The quantitative estimate of drug-likeness (QED) is 0.233. The SMILES string of the molecule is COc1cc(-c2ccc3c(c2)Nc2ccc(-c4ncccc4CCC(N)=O)cc2NC3=O)ccc1[N+](=O)[O-]. The zero-order valence-electron chi connectivity index (χ0n) is 20.4. The van der Waals surface area contributed by atoms with Gasteiger partial charge in [-0.15, -0.1) is 0 Å². The van der Waals surface area contributed by atoms with Crippen LogP contribution in [0, 0.1) is 10.1 Å². The molecule has 0 saturated heterocycles. The number of pyridine rings is 1. The van der Waals surface area contributed by atoms with Gasteiger partial charge in [-0.3, -0.25) is 24.7 Å². The summed E-state index contributed by atoms with van der Waals surface area (Å²) in [6, 6.07) is 19.2. The lowest BCUT2D eigenvalue weighted by molar-refractivity contribution is -0.385. The van der Waals surface area contributed by atoms with E-state index in [0.717, 1.165) is 16.7 Å². The van der Waals surface area contributed by atoms with Crippen molar-refractivity contribution in [2.45, 2.75) is 12.8 Å². The van der Waals surface area contributed by atoms with E-state index in [4.69, 9.17) is 10.5 Å². The van der Waals surface area contributed by atoms with Crippen LogP contribution in [0.25, 0.3) is 22.4 Å². The highest BCUT2D eigenvalue weighted by Gasteiger charge is 2.22. The first-order chi connectivity index (χ1) is 18.3. The minimum atomic E-state index is -0.498. The largest absolute Gasteiger partial charge is 0.490 e. The molecule has 0 atom stereocenters. The van der Waals surface area contributed by atoms with Crippen molar-refractivity contribution in [1.82, 2.24) is 4.98 Å². The summed E-state index contributed by atoms with van der Waals surface area (Å²) in [7, 11) is 1.38. The number of carbonyl (C=O) groups is 2. The first-order valence-corrected chi connectivity index (χ1v) is 11.8. The van der Waals surface area contributed by atoms with Gasteiger partial charge in [0.2, 0.25) is 5.91 Å². The van der Waals surface area contributed by atoms with Crippen LogP contribution in [0.15, 0.2) is 72.9 Å². The van der Waals surface area contributed by atoms with E-state index in [1.54, 1.807) is 36.5 Å². The van der Waals surface area contributed by atoms with Crippen molar-refractivity contribution in [1.29, 1.82) is 0 Å². The smallest absolute Gasteiger partial charge is 0.310 e. The highest BCUT2D eigenvalue weighted by atomic mass is 16.6. The maximum Gasteiger partial charge on any atom is 0.310 e. The maximum absolute atomic E-state index is 13.1. The van der Waals surface area contributed by atoms with Crippen LogP contribution in [-0.4, -0.2) is 28.8 Å². The van der Waals surface area contributed by atoms with Crippen LogP contribution in [0.2, 0.25) is 0 Å². The number of nitrogens with two attached hydrogens (primary N) is 1. The van der Waals surface area contributed by atoms with Gasteiger partial charge in [-0.2, -0.15) is 0 Å². The molecular weight excluding hydrogens is 486 g/mol. The Morgan fingerprint density at radius 1 is 0.974 bits per heavy atom. The number of fused-ring (bicyclic) bond motifs is 2. The zero-order chi connectivity index (χ0) is 26.8. The molecule has 0 fully saturated rings. The van der Waals surface area contributed by atoms with E-state index in [-0.39, 0.29) is 29.7 Å². The topological polar surface area (TPSA) is 149 Å². The minimum Gasteiger partial charge on any atom is -0.490 e. The summed E-state index contributed by atoms with van der Waals surface area (Å²) in [6.07, 6.45) is 2.35. The number of methoxy groups -OCH3 is 1. The Balaban J connectivity index is 1.49. The lowest BCUT2D eigenvalue weighted by Crippen LogP contribution is -2.12. The fourth-order valence-electron chi connectivity index (χ4n) is 4.43. The van der Waals surface area contributed by atoms with Crippen molar-refractivity contribution >= 4 is 34.6 Å². The number of hydrogen-bond acceptors (Lipinski definition) is 7. The van der Waals surface area contributed by atoms with Crippen molar-refractivity contribution in [2.75, 3.05) is 17.7 Å². The van der Waals surface area contributed by atoms with E-state index < -0.39 is 4.92 Å². The average molecular weight is 510 g/mol. The highest BCUT2D eigenvalue weighted by Crippen LogP contribution is 2.38. The number of anilines is 3. The Hall–Kier alpha value is -5.25. The first-order valence-electron chi connectivity index (χ1n) is 11.8. The number of amides is 2. The van der Waals surface area contributed by atoms with Crippen LogP contribution >= 0.6 is 0 Å². The van der Waals surface area contributed by atoms with Gasteiger partial charge in [0.15, 0.2) is 5.75 Å². The molecule has 38 heavy (non-hydrogen) atoms. The van der Waals surface area contributed by atoms with E-state index >= 15 is 0 Å². The minimum absolute atomic E-state index is 0.126. The number of nitro benzene ring substituents is 1. The van der Waals surface area contributed by atoms with Gasteiger partial charge in [0.25, 0.3) is 5.91 Å². The molecule has 3 aromatic carbocycles. The second-order valence-electron chi connectivity index (χ2n) is 8.72. The second kappa shape index (κ2) is 10.0. The monoisotopic (exact) mass is 509 g/mol. The summed E-state index contributed by atoms with van der Waals surface area (Å²) in [6.45, 7) is 0. The number of benzene rings is 3. The predicted molar refractivity (Wildman–Crippen MR) is 144 cm³/mol. The number of nitro groups is 1. The summed E-state index contributed by atoms with van der Waals surface area (Å²) in [4.78, 5) is 39.7. The molecule has 4 N–H and O–H groups in total. The van der Waals surface area contributed by atoms with Gasteiger partial charge in [0.05, 0.1) is 40.4 Å². The fourth-order valence-corrected chi connectivity index (χ4v) is 4.43. The average Bonchev–Trinajstić information content (AvgIpc) is 3.06. The van der Waals surface area contributed by atoms with Crippen LogP contribution < -0.4 is 21.1 Å². The molecule has 1 aromatic heterocycles. The molecule has 0 bridgehead atoms. The highest BCUT2D eigenvalue weighted by molar-refractivity contribution is 6.12. The molecule has 0 radical (unpaired) electrons. The Morgan fingerprint density at radius 3 is 2.47 bits per heavy atom. The van der Waals surface area contributed by atoms with Gasteiger partial charge in [0.1, 0.15) is 0 Å². The molecule has 0 spiro atoms. The van der Waals surface area contributed by atoms with E-state index in [2.05, 4.69) is 15.6 Å². The standard InChI is InChI=1S/C28H23N5O5/c1-38-25-15-18(6-10-24(25)33(36)37)17-4-8-20-22(13-17)31-21-9-5-19(14-23(21)32-28(20)35)27-16(3-2-12-30-27)7-11-26(29)34/h2-6,8-10,12-15,31H,7,11H2,1H3,(H2,29,34)(H,32,35). The molecule has 10 heteroatoms. The number of nitrogens with zero attached hydrogens (tertiary/aromatic N) is 2. The van der Waals surface area contributed by atoms with Crippen molar-refractivity contribution in [3.8, 4) is 28.1 Å². The van der Waals surface area contributed by atoms with Crippen LogP contribution in [0.4, 0.5) is 22.7 Å². The summed E-state index contributed by atoms with van der Waals surface area (Å²) >= 11 is 0. The van der Waals surface area contributed by atoms with E-state index in [9.17, 15) is 19.7 Å². The number of hydrogen-bond donors (Lipinski definition) is 3. The Labute approximate surface area is 217 Å². The van der Waals surface area contributed by atoms with Crippen LogP contribution in [0.3, 0.4) is 0 Å². The molecule has 0 unspecified atom stereocenters. The lowest BCUT2D eigenvalue weighted by Gasteiger charge is -2.13. The third-order valence-electron chi connectivity index (χ3n) is 6.32. The number of carbonyl (C=O) groups excluding carboxylic acids is 2. The molecule has 4 aromatic rings. The molecule has 10 nitrogen and oxygen atoms in total. The fraction of sp³-hybridized carbons (Fsp3) is 0.107. The van der Waals surface area contributed by atoms with Gasteiger partial charge in [0, 0.05) is 24.2 Å². The molecule has 0 aliphatic carbocycles. The molecule has 0 saturated carbocycles. The van der Waals surface area contributed by atoms with Crippen molar-refractivity contribution in [2.24, 2.45) is 5.73 Å². The zero-order valence-corrected chi connectivity index (χ0v) is 20.4. The molecule has 5 rings (SSSR count). The third-order valence-corrected chi connectivity index (χ3v) is 6.32. The molecule has 1 aliphatic rings. The number of aromatic nitrogens is 1. The van der Waals surface area contributed by atoms with Crippen molar-refractivity contribution < 1.29 is 19.2 Å². The normalized spacial score (nSPS) is 11.9. The third kappa shape index (κ3) is 4.74. The van der Waals surface area contributed by atoms with Crippen molar-refractivity contribution in [3.05, 3.63) is 94.2 Å². The van der Waals surface area contributed by atoms with Crippen LogP contribution in [0.5, 0.6) is 5.75 Å². The van der Waals surface area contributed by atoms with E-state index in [1.165, 1.54) is 13.2 Å². The summed E-state index contributed by atoms with van der Waals surface area (Å²) < 4.78 is 5.20. The summed E-state index contributed by atoms with van der Waals surface area (Å²) in [5.41, 5.74) is 11.3. The second-order valence-corrected chi connectivity index (χ2v) is 8.72. The Morgan fingerprint density at radius 2 is 1.71 bits per heavy atom. The van der Waals surface area contributed by atoms with Crippen LogP contribution in [0.1, 0.15) is 22.3 Å². The number of nitrogens with one attached hydrogen (secondary N) is 2. The van der Waals surface area contributed by atoms with E-state index in [0.29, 0.717) is 40.3 Å². The molecule has 1 aliphatic heterocycles. The number of aryl methyl sites for hydroxylation is 1. The van der Waals surface area contributed by atoms with Gasteiger partial charge in [-0.05, 0) is 65.6 Å². The van der Waals surface area contributed by atoms with Gasteiger partial charge in [-0.25, -0.2) is 0 Å². The van der Waals surface area contributed by atoms with Crippen LogP contribution in [-0.2, 0) is 11.2 Å². The predicted octanol–water partition coefficient (Wildman–Crippen LogP) is 5.06. The maximum atomic E-state index is 13.1. The molecule has 2 amide bonds. The molecular formula is C28H23N5O5. The molecule has 190 valence electrons. The van der Waals surface area contributed by atoms with Crippen molar-refractivity contribution in [3.63, 3.8) is 0 Å².